The van der Waals surface area contributed by atoms with Crippen molar-refractivity contribution >= 4 is 29.7 Å². The molecule has 4 unspecified atom stereocenters. The minimum atomic E-state index is -1.09. The van der Waals surface area contributed by atoms with Gasteiger partial charge < -0.3 is 48.6 Å². The fraction of sp³-hybridized carbons (Fsp3) is 0.652. The molecule has 1 fully saturated rings. The number of likely N-dealkylation sites (tertiary alicyclic amines) is 1. The third-order valence-electron chi connectivity index (χ3n) is 6.30. The summed E-state index contributed by atoms with van der Waals surface area (Å²) in [6.45, 7) is 1.00. The molecule has 1 aromatic rings. The zero-order chi connectivity index (χ0) is 28.1. The zero-order valence-electron chi connectivity index (χ0n) is 21.5. The maximum absolute atomic E-state index is 13.4. The van der Waals surface area contributed by atoms with Gasteiger partial charge in [-0.3, -0.25) is 19.4 Å². The number of aliphatic carboxylic acids is 1. The summed E-state index contributed by atoms with van der Waals surface area (Å²) in [4.78, 5) is 63.1. The Balaban J connectivity index is 2.13. The summed E-state index contributed by atoms with van der Waals surface area (Å²) in [5, 5.41) is 14.9. The van der Waals surface area contributed by atoms with Crippen molar-refractivity contribution in [3.8, 4) is 0 Å². The first kappa shape index (κ1) is 30.5. The number of carbonyl (C=O) groups is 4. The van der Waals surface area contributed by atoms with Crippen LogP contribution in [0.1, 0.15) is 50.6 Å². The molecule has 212 valence electrons. The lowest BCUT2D eigenvalue weighted by molar-refractivity contribution is -0.149. The van der Waals surface area contributed by atoms with E-state index >= 15 is 0 Å². The van der Waals surface area contributed by atoms with Crippen molar-refractivity contribution in [3.05, 3.63) is 18.2 Å². The van der Waals surface area contributed by atoms with Gasteiger partial charge in [0.15, 0.2) is 5.96 Å². The molecule has 0 spiro atoms. The molecule has 3 amide bonds. The second kappa shape index (κ2) is 15.5. The number of aliphatic imine (C=N–C) groups is 1. The van der Waals surface area contributed by atoms with E-state index in [4.69, 9.17) is 22.9 Å². The van der Waals surface area contributed by atoms with Crippen molar-refractivity contribution in [2.45, 2.75) is 75.5 Å². The highest BCUT2D eigenvalue weighted by Crippen LogP contribution is 2.19. The first-order valence-corrected chi connectivity index (χ1v) is 12.8. The number of guanidine groups is 1. The van der Waals surface area contributed by atoms with Gasteiger partial charge in [0.05, 0.1) is 12.4 Å². The van der Waals surface area contributed by atoms with Crippen LogP contribution in [0.4, 0.5) is 0 Å². The van der Waals surface area contributed by atoms with Crippen LogP contribution in [0.25, 0.3) is 0 Å². The topological polar surface area (TPSA) is 261 Å². The minimum absolute atomic E-state index is 0.0532. The standard InChI is InChI=1S/C23H40N10O5/c24-8-2-1-6-16(31-19(34)15(25)5-3-9-29-23(26)27)20(35)32-17(11-14-12-28-13-30-14)21(36)33-10-4-7-18(33)22(37)38/h12-13,15-18H,1-11,24-25H2,(H,28,30)(H,31,34)(H,32,35)(H,37,38)(H4,26,27,29). The smallest absolute Gasteiger partial charge is 0.326 e. The van der Waals surface area contributed by atoms with Crippen molar-refractivity contribution in [1.29, 1.82) is 0 Å². The molecule has 1 aliphatic heterocycles. The van der Waals surface area contributed by atoms with Gasteiger partial charge in [-0.15, -0.1) is 0 Å². The third-order valence-corrected chi connectivity index (χ3v) is 6.30. The zero-order valence-corrected chi connectivity index (χ0v) is 21.5. The summed E-state index contributed by atoms with van der Waals surface area (Å²) in [5.74, 6) is -2.76. The average Bonchev–Trinajstić information content (AvgIpc) is 3.57. The van der Waals surface area contributed by atoms with Crippen LogP contribution in [0.3, 0.4) is 0 Å². The molecule has 1 aliphatic rings. The van der Waals surface area contributed by atoms with Crippen molar-refractivity contribution in [1.82, 2.24) is 25.5 Å². The number of unbranched alkanes of at least 4 members (excludes halogenated alkanes) is 1. The molecular formula is C23H40N10O5. The van der Waals surface area contributed by atoms with Gasteiger partial charge in [0, 0.05) is 31.4 Å². The molecule has 15 nitrogen and oxygen atoms in total. The van der Waals surface area contributed by atoms with Crippen molar-refractivity contribution in [2.75, 3.05) is 19.6 Å². The first-order valence-electron chi connectivity index (χ1n) is 12.8. The number of aromatic amines is 1. The lowest BCUT2D eigenvalue weighted by atomic mass is 10.0. The molecule has 4 atom stereocenters. The van der Waals surface area contributed by atoms with Crippen LogP contribution in [-0.2, 0) is 25.6 Å². The van der Waals surface area contributed by atoms with E-state index in [1.165, 1.54) is 17.4 Å². The molecule has 2 rings (SSSR count). The fourth-order valence-corrected chi connectivity index (χ4v) is 4.27. The summed E-state index contributed by atoms with van der Waals surface area (Å²) < 4.78 is 0. The van der Waals surface area contributed by atoms with Gasteiger partial charge >= 0.3 is 5.97 Å². The summed E-state index contributed by atoms with van der Waals surface area (Å²) in [5.41, 5.74) is 22.8. The summed E-state index contributed by atoms with van der Waals surface area (Å²) >= 11 is 0. The Bertz CT molecular complexity index is 950. The molecule has 0 radical (unpaired) electrons. The van der Waals surface area contributed by atoms with Crippen LogP contribution in [0.2, 0.25) is 0 Å². The maximum atomic E-state index is 13.4. The lowest BCUT2D eigenvalue weighted by Gasteiger charge is -2.29. The van der Waals surface area contributed by atoms with E-state index in [2.05, 4.69) is 25.6 Å². The molecule has 15 heteroatoms. The van der Waals surface area contributed by atoms with Crippen LogP contribution >= 0.6 is 0 Å². The van der Waals surface area contributed by atoms with Gasteiger partial charge in [-0.25, -0.2) is 9.78 Å². The van der Waals surface area contributed by atoms with Crippen molar-refractivity contribution in [2.24, 2.45) is 27.9 Å². The highest BCUT2D eigenvalue weighted by atomic mass is 16.4. The van der Waals surface area contributed by atoms with Crippen LogP contribution in [-0.4, -0.2) is 93.4 Å². The van der Waals surface area contributed by atoms with Gasteiger partial charge in [-0.2, -0.15) is 0 Å². The van der Waals surface area contributed by atoms with E-state index < -0.39 is 47.9 Å². The van der Waals surface area contributed by atoms with E-state index in [0.29, 0.717) is 57.3 Å². The number of nitrogens with zero attached hydrogens (tertiary/aromatic N) is 3. The largest absolute Gasteiger partial charge is 0.480 e. The van der Waals surface area contributed by atoms with Crippen LogP contribution in [0.15, 0.2) is 17.5 Å². The molecule has 12 N–H and O–H groups in total. The predicted molar refractivity (Wildman–Crippen MR) is 139 cm³/mol. The van der Waals surface area contributed by atoms with Gasteiger partial charge in [0.25, 0.3) is 0 Å². The van der Waals surface area contributed by atoms with E-state index in [0.717, 1.165) is 0 Å². The van der Waals surface area contributed by atoms with Crippen molar-refractivity contribution < 1.29 is 24.3 Å². The molecule has 1 saturated heterocycles. The molecule has 0 bridgehead atoms. The fourth-order valence-electron chi connectivity index (χ4n) is 4.27. The van der Waals surface area contributed by atoms with Gasteiger partial charge in [0.1, 0.15) is 18.1 Å². The predicted octanol–water partition coefficient (Wildman–Crippen LogP) is -2.49. The second-order valence-electron chi connectivity index (χ2n) is 9.27. The number of carboxylic acid groups (broad SMARTS) is 1. The monoisotopic (exact) mass is 536 g/mol. The minimum Gasteiger partial charge on any atom is -0.480 e. The Morgan fingerprint density at radius 3 is 2.50 bits per heavy atom. The number of hydrogen-bond donors (Lipinski definition) is 8. The molecule has 0 aliphatic carbocycles. The number of nitrogens with two attached hydrogens (primary N) is 4. The number of H-pyrrole nitrogens is 1. The van der Waals surface area contributed by atoms with Gasteiger partial charge in [0.2, 0.25) is 17.7 Å². The highest BCUT2D eigenvalue weighted by molar-refractivity contribution is 5.94. The summed E-state index contributed by atoms with van der Waals surface area (Å²) in [6.07, 6.45) is 6.16. The third kappa shape index (κ3) is 9.63. The molecular weight excluding hydrogens is 496 g/mol. The molecule has 0 aromatic carbocycles. The van der Waals surface area contributed by atoms with E-state index in [1.54, 1.807) is 0 Å². The van der Waals surface area contributed by atoms with Crippen molar-refractivity contribution in [3.63, 3.8) is 0 Å². The van der Waals surface area contributed by atoms with Gasteiger partial charge in [-0.1, -0.05) is 0 Å². The number of carboxylic acids is 1. The number of hydrogen-bond acceptors (Lipinski definition) is 8. The number of aromatic nitrogens is 2. The Morgan fingerprint density at radius 2 is 1.87 bits per heavy atom. The van der Waals surface area contributed by atoms with Crippen LogP contribution in [0, 0.1) is 0 Å². The number of carbonyl (C=O) groups excluding carboxylic acids is 3. The van der Waals surface area contributed by atoms with Gasteiger partial charge in [-0.05, 0) is 51.5 Å². The summed E-state index contributed by atoms with van der Waals surface area (Å²) in [6, 6.07) is -3.88. The maximum Gasteiger partial charge on any atom is 0.326 e. The number of nitrogens with one attached hydrogen (secondary N) is 3. The lowest BCUT2D eigenvalue weighted by Crippen LogP contribution is -2.57. The molecule has 2 heterocycles. The van der Waals surface area contributed by atoms with E-state index in [1.807, 2.05) is 0 Å². The summed E-state index contributed by atoms with van der Waals surface area (Å²) in [7, 11) is 0. The Kier molecular flexibility index (Phi) is 12.5. The quantitative estimate of drug-likeness (QED) is 0.0625. The van der Waals surface area contributed by atoms with Crippen LogP contribution < -0.4 is 33.6 Å². The normalized spacial score (nSPS) is 17.3. The van der Waals surface area contributed by atoms with E-state index in [-0.39, 0.29) is 25.3 Å². The first-order chi connectivity index (χ1) is 18.1. The second-order valence-corrected chi connectivity index (χ2v) is 9.27. The number of amides is 3. The highest BCUT2D eigenvalue weighted by Gasteiger charge is 2.38. The van der Waals surface area contributed by atoms with E-state index in [9.17, 15) is 24.3 Å². The Morgan fingerprint density at radius 1 is 1.13 bits per heavy atom. The number of imidazole rings is 1. The van der Waals surface area contributed by atoms with Crippen LogP contribution in [0.5, 0.6) is 0 Å². The average molecular weight is 537 g/mol. The Hall–Kier alpha value is -3.72. The molecule has 0 saturated carbocycles. The Labute approximate surface area is 221 Å². The SMILES string of the molecule is NCCCCC(NC(=O)C(N)CCCN=C(N)N)C(=O)NC(Cc1cnc[nH]1)C(=O)N1CCCC1C(=O)O. The molecule has 38 heavy (non-hydrogen) atoms. The molecule has 1 aromatic heterocycles. The number of rotatable bonds is 16.